The highest BCUT2D eigenvalue weighted by Gasteiger charge is 2.31. The van der Waals surface area contributed by atoms with Gasteiger partial charge in [-0.3, -0.25) is 9.98 Å². The molecule has 0 fully saturated rings. The number of aromatic nitrogens is 1. The SMILES string of the molecule is O=c1[nH]c2ccc(S(=O)(=O)N3CCN=C3c3ccccc3)cc2o1. The molecule has 4 rings (SSSR count). The minimum atomic E-state index is -3.79. The average molecular weight is 343 g/mol. The molecule has 0 radical (unpaired) electrons. The van der Waals surface area contributed by atoms with Gasteiger partial charge in [0, 0.05) is 11.6 Å². The molecule has 0 unspecified atom stereocenters. The first-order valence-corrected chi connectivity index (χ1v) is 8.75. The van der Waals surface area contributed by atoms with Crippen LogP contribution in [0.4, 0.5) is 0 Å². The Kier molecular flexibility index (Phi) is 3.27. The van der Waals surface area contributed by atoms with E-state index in [1.54, 1.807) is 0 Å². The second-order valence-corrected chi connectivity index (χ2v) is 7.18. The van der Waals surface area contributed by atoms with Crippen LogP contribution in [0.25, 0.3) is 11.1 Å². The maximum atomic E-state index is 13.0. The fourth-order valence-electron chi connectivity index (χ4n) is 2.70. The first-order valence-electron chi connectivity index (χ1n) is 7.31. The number of hydrogen-bond donors (Lipinski definition) is 1. The number of benzene rings is 2. The van der Waals surface area contributed by atoms with Crippen molar-refractivity contribution in [1.82, 2.24) is 9.29 Å². The fourth-order valence-corrected chi connectivity index (χ4v) is 4.16. The van der Waals surface area contributed by atoms with Crippen molar-refractivity contribution in [1.29, 1.82) is 0 Å². The zero-order chi connectivity index (χ0) is 16.7. The summed E-state index contributed by atoms with van der Waals surface area (Å²) in [6, 6.07) is 13.5. The van der Waals surface area contributed by atoms with Gasteiger partial charge in [-0.2, -0.15) is 0 Å². The Morgan fingerprint density at radius 2 is 1.92 bits per heavy atom. The number of sulfonamides is 1. The van der Waals surface area contributed by atoms with E-state index < -0.39 is 15.8 Å². The Bertz CT molecular complexity index is 1100. The van der Waals surface area contributed by atoms with Crippen molar-refractivity contribution in [2.75, 3.05) is 13.1 Å². The molecule has 0 bridgehead atoms. The number of nitrogens with zero attached hydrogens (tertiary/aromatic N) is 2. The lowest BCUT2D eigenvalue weighted by molar-refractivity contribution is 0.535. The van der Waals surface area contributed by atoms with Crippen molar-refractivity contribution in [3.8, 4) is 0 Å². The van der Waals surface area contributed by atoms with E-state index in [2.05, 4.69) is 9.98 Å². The highest BCUT2D eigenvalue weighted by atomic mass is 32.2. The van der Waals surface area contributed by atoms with Gasteiger partial charge in [0.2, 0.25) is 0 Å². The second kappa shape index (κ2) is 5.34. The molecule has 2 aromatic carbocycles. The summed E-state index contributed by atoms with van der Waals surface area (Å²) in [6.07, 6.45) is 0. The highest BCUT2D eigenvalue weighted by molar-refractivity contribution is 7.89. The van der Waals surface area contributed by atoms with E-state index >= 15 is 0 Å². The molecule has 0 aliphatic carbocycles. The lowest BCUT2D eigenvalue weighted by Crippen LogP contribution is -2.34. The predicted molar refractivity (Wildman–Crippen MR) is 88.6 cm³/mol. The number of H-pyrrole nitrogens is 1. The van der Waals surface area contributed by atoms with Crippen LogP contribution in [-0.4, -0.2) is 36.6 Å². The lowest BCUT2D eigenvalue weighted by Gasteiger charge is -2.20. The van der Waals surface area contributed by atoms with Gasteiger partial charge in [-0.05, 0) is 12.1 Å². The zero-order valence-electron chi connectivity index (χ0n) is 12.5. The molecule has 2 heterocycles. The van der Waals surface area contributed by atoms with Crippen LogP contribution in [0.1, 0.15) is 5.56 Å². The largest absolute Gasteiger partial charge is 0.417 e. The van der Waals surface area contributed by atoms with Gasteiger partial charge in [0.15, 0.2) is 5.58 Å². The summed E-state index contributed by atoms with van der Waals surface area (Å²) in [6.45, 7) is 0.687. The van der Waals surface area contributed by atoms with Crippen LogP contribution in [0, 0.1) is 0 Å². The van der Waals surface area contributed by atoms with Gasteiger partial charge in [0.25, 0.3) is 10.0 Å². The van der Waals surface area contributed by atoms with E-state index in [0.29, 0.717) is 17.9 Å². The summed E-state index contributed by atoms with van der Waals surface area (Å²) in [5.41, 5.74) is 1.41. The monoisotopic (exact) mass is 343 g/mol. The van der Waals surface area contributed by atoms with Gasteiger partial charge in [0.1, 0.15) is 5.84 Å². The summed E-state index contributed by atoms with van der Waals surface area (Å²) >= 11 is 0. The maximum Gasteiger partial charge on any atom is 0.417 e. The molecule has 0 atom stereocenters. The minimum Gasteiger partial charge on any atom is -0.408 e. The number of rotatable bonds is 3. The first-order chi connectivity index (χ1) is 11.6. The van der Waals surface area contributed by atoms with Gasteiger partial charge < -0.3 is 4.42 Å². The summed E-state index contributed by atoms with van der Waals surface area (Å²) in [5, 5.41) is 0. The third-order valence-electron chi connectivity index (χ3n) is 3.81. The van der Waals surface area contributed by atoms with Crippen molar-refractivity contribution in [3.63, 3.8) is 0 Å². The molecule has 0 saturated heterocycles. The van der Waals surface area contributed by atoms with E-state index in [1.807, 2.05) is 30.3 Å². The van der Waals surface area contributed by atoms with Gasteiger partial charge in [-0.1, -0.05) is 30.3 Å². The molecule has 1 N–H and O–H groups in total. The zero-order valence-corrected chi connectivity index (χ0v) is 13.3. The molecule has 0 amide bonds. The van der Waals surface area contributed by atoms with Crippen molar-refractivity contribution >= 4 is 27.0 Å². The van der Waals surface area contributed by atoms with Crippen LogP contribution in [0.3, 0.4) is 0 Å². The Balaban J connectivity index is 1.78. The van der Waals surface area contributed by atoms with Crippen molar-refractivity contribution in [3.05, 3.63) is 64.6 Å². The van der Waals surface area contributed by atoms with Crippen molar-refractivity contribution in [2.24, 2.45) is 4.99 Å². The van der Waals surface area contributed by atoms with Crippen LogP contribution in [-0.2, 0) is 10.0 Å². The second-order valence-electron chi connectivity index (χ2n) is 5.32. The number of amidine groups is 1. The Morgan fingerprint density at radius 3 is 2.71 bits per heavy atom. The van der Waals surface area contributed by atoms with Crippen molar-refractivity contribution in [2.45, 2.75) is 4.90 Å². The summed E-state index contributed by atoms with van der Waals surface area (Å²) in [5.74, 6) is -0.196. The van der Waals surface area contributed by atoms with Crippen LogP contribution in [0.15, 0.2) is 67.6 Å². The Hall–Kier alpha value is -2.87. The molecule has 1 aliphatic rings. The van der Waals surface area contributed by atoms with Gasteiger partial charge in [-0.25, -0.2) is 17.5 Å². The summed E-state index contributed by atoms with van der Waals surface area (Å²) < 4.78 is 32.2. The molecular weight excluding hydrogens is 330 g/mol. The minimum absolute atomic E-state index is 0.0586. The Morgan fingerprint density at radius 1 is 1.12 bits per heavy atom. The van der Waals surface area contributed by atoms with E-state index in [-0.39, 0.29) is 17.0 Å². The number of aliphatic imine (C=N–C) groups is 1. The number of fused-ring (bicyclic) bond motifs is 1. The van der Waals surface area contributed by atoms with Gasteiger partial charge in [-0.15, -0.1) is 0 Å². The first kappa shape index (κ1) is 14.7. The number of aromatic amines is 1. The van der Waals surface area contributed by atoms with Crippen LogP contribution in [0.2, 0.25) is 0 Å². The fraction of sp³-hybridized carbons (Fsp3) is 0.125. The van der Waals surface area contributed by atoms with E-state index in [0.717, 1.165) is 5.56 Å². The molecule has 1 aliphatic heterocycles. The van der Waals surface area contributed by atoms with Crippen LogP contribution in [0.5, 0.6) is 0 Å². The number of hydrogen-bond acceptors (Lipinski definition) is 5. The Labute approximate surface area is 137 Å². The van der Waals surface area contributed by atoms with Crippen LogP contribution >= 0.6 is 0 Å². The number of nitrogens with one attached hydrogen (secondary N) is 1. The normalized spacial score (nSPS) is 15.0. The molecule has 122 valence electrons. The molecule has 0 saturated carbocycles. The van der Waals surface area contributed by atoms with E-state index in [9.17, 15) is 13.2 Å². The van der Waals surface area contributed by atoms with E-state index in [4.69, 9.17) is 4.42 Å². The maximum absolute atomic E-state index is 13.0. The quantitative estimate of drug-likeness (QED) is 0.781. The highest BCUT2D eigenvalue weighted by Crippen LogP contribution is 2.24. The molecule has 7 nitrogen and oxygen atoms in total. The molecule has 0 spiro atoms. The smallest absolute Gasteiger partial charge is 0.408 e. The van der Waals surface area contributed by atoms with Gasteiger partial charge >= 0.3 is 5.76 Å². The topological polar surface area (TPSA) is 95.7 Å². The van der Waals surface area contributed by atoms with E-state index in [1.165, 1.54) is 22.5 Å². The standard InChI is InChI=1S/C16H13N3O4S/c20-16-18-13-7-6-12(10-14(13)23-16)24(21,22)19-9-8-17-15(19)11-4-2-1-3-5-11/h1-7,10H,8-9H2,(H,18,20). The molecule has 1 aromatic heterocycles. The van der Waals surface area contributed by atoms with Gasteiger partial charge in [0.05, 0.1) is 23.5 Å². The average Bonchev–Trinajstić information content (AvgIpc) is 3.20. The third kappa shape index (κ3) is 2.31. The molecule has 3 aromatic rings. The van der Waals surface area contributed by atoms with Crippen molar-refractivity contribution < 1.29 is 12.8 Å². The molecule has 24 heavy (non-hydrogen) atoms. The molecule has 8 heteroatoms. The number of oxazole rings is 1. The predicted octanol–water partition coefficient (Wildman–Crippen LogP) is 1.57. The third-order valence-corrected chi connectivity index (χ3v) is 5.60. The lowest BCUT2D eigenvalue weighted by atomic mass is 10.2. The molecular formula is C16H13N3O4S. The summed E-state index contributed by atoms with van der Waals surface area (Å²) in [7, 11) is -3.79. The summed E-state index contributed by atoms with van der Waals surface area (Å²) in [4.78, 5) is 18.1. The van der Waals surface area contributed by atoms with Crippen LogP contribution < -0.4 is 5.76 Å².